The van der Waals surface area contributed by atoms with Gasteiger partial charge in [0.2, 0.25) is 6.54 Å². The van der Waals surface area contributed by atoms with E-state index < -0.39 is 0 Å². The second kappa shape index (κ2) is 1.97. The Morgan fingerprint density at radius 1 is 1.67 bits per heavy atom. The Kier molecular flexibility index (Phi) is 1.43. The summed E-state index contributed by atoms with van der Waals surface area (Å²) in [6, 6.07) is 0. The summed E-state index contributed by atoms with van der Waals surface area (Å²) in [6.45, 7) is 2.15. The van der Waals surface area contributed by atoms with Crippen LogP contribution in [-0.2, 0) is 0 Å². The molecule has 0 spiro atoms. The van der Waals surface area contributed by atoms with E-state index in [1.165, 1.54) is 6.42 Å². The number of hydrogen-bond acceptors (Lipinski definition) is 2. The molecule has 0 heterocycles. The van der Waals surface area contributed by atoms with Crippen LogP contribution in [0, 0.1) is 15.5 Å². The van der Waals surface area contributed by atoms with E-state index in [2.05, 4.69) is 0 Å². The van der Waals surface area contributed by atoms with E-state index >= 15 is 0 Å². The van der Waals surface area contributed by atoms with Crippen molar-refractivity contribution in [3.05, 3.63) is 10.1 Å². The number of nitro groups is 1. The first-order valence-corrected chi connectivity index (χ1v) is 3.24. The highest BCUT2D eigenvalue weighted by Gasteiger charge is 2.36. The molecule has 9 heavy (non-hydrogen) atoms. The van der Waals surface area contributed by atoms with Gasteiger partial charge in [-0.05, 0) is 12.8 Å². The average molecular weight is 129 g/mol. The standard InChI is InChI=1S/C6H11NO2/c1-6(3-2-4-6)5-7(8)9/h2-5H2,1H3. The van der Waals surface area contributed by atoms with E-state index in [0.29, 0.717) is 0 Å². The Morgan fingerprint density at radius 2 is 2.22 bits per heavy atom. The lowest BCUT2D eigenvalue weighted by Crippen LogP contribution is -2.33. The summed E-state index contributed by atoms with van der Waals surface area (Å²) in [4.78, 5) is 9.80. The minimum atomic E-state index is -0.209. The number of nitrogens with zero attached hydrogens (tertiary/aromatic N) is 1. The van der Waals surface area contributed by atoms with Gasteiger partial charge in [0.15, 0.2) is 0 Å². The van der Waals surface area contributed by atoms with Crippen molar-refractivity contribution >= 4 is 0 Å². The molecule has 3 heteroatoms. The molecule has 0 amide bonds. The zero-order valence-corrected chi connectivity index (χ0v) is 5.59. The fourth-order valence-corrected chi connectivity index (χ4v) is 1.25. The highest BCUT2D eigenvalue weighted by molar-refractivity contribution is 4.82. The van der Waals surface area contributed by atoms with Gasteiger partial charge >= 0.3 is 0 Å². The van der Waals surface area contributed by atoms with Crippen LogP contribution in [0.4, 0.5) is 0 Å². The third-order valence-corrected chi connectivity index (χ3v) is 2.07. The maximum atomic E-state index is 10.0. The van der Waals surface area contributed by atoms with E-state index in [1.54, 1.807) is 0 Å². The van der Waals surface area contributed by atoms with Gasteiger partial charge < -0.3 is 0 Å². The summed E-state index contributed by atoms with van der Waals surface area (Å²) in [5.41, 5.74) is 0.0451. The quantitative estimate of drug-likeness (QED) is 0.418. The van der Waals surface area contributed by atoms with Gasteiger partial charge in [-0.25, -0.2) is 0 Å². The Balaban J connectivity index is 2.33. The number of hydrogen-bond donors (Lipinski definition) is 0. The van der Waals surface area contributed by atoms with Crippen molar-refractivity contribution in [2.75, 3.05) is 6.54 Å². The summed E-state index contributed by atoms with van der Waals surface area (Å²) < 4.78 is 0. The van der Waals surface area contributed by atoms with Crippen LogP contribution in [0.1, 0.15) is 26.2 Å². The molecule has 0 N–H and O–H groups in total. The van der Waals surface area contributed by atoms with Crippen LogP contribution in [0.3, 0.4) is 0 Å². The van der Waals surface area contributed by atoms with Crippen LogP contribution in [-0.4, -0.2) is 11.5 Å². The molecule has 0 atom stereocenters. The molecule has 0 unspecified atom stereocenters. The molecule has 52 valence electrons. The van der Waals surface area contributed by atoms with Gasteiger partial charge in [0, 0.05) is 10.3 Å². The molecule has 0 radical (unpaired) electrons. The molecule has 1 saturated carbocycles. The first-order valence-electron chi connectivity index (χ1n) is 3.24. The first-order chi connectivity index (χ1) is 4.12. The van der Waals surface area contributed by atoms with Crippen LogP contribution in [0.25, 0.3) is 0 Å². The minimum absolute atomic E-state index is 0.0451. The third kappa shape index (κ3) is 1.40. The van der Waals surface area contributed by atoms with Gasteiger partial charge in [-0.3, -0.25) is 10.1 Å². The van der Waals surface area contributed by atoms with Crippen LogP contribution < -0.4 is 0 Å². The van der Waals surface area contributed by atoms with Crippen molar-refractivity contribution in [2.24, 2.45) is 5.41 Å². The summed E-state index contributed by atoms with van der Waals surface area (Å²) >= 11 is 0. The van der Waals surface area contributed by atoms with Gasteiger partial charge in [0.05, 0.1) is 0 Å². The maximum Gasteiger partial charge on any atom is 0.209 e. The van der Waals surface area contributed by atoms with Crippen molar-refractivity contribution in [3.8, 4) is 0 Å². The summed E-state index contributed by atoms with van der Waals surface area (Å²) in [6.07, 6.45) is 3.24. The van der Waals surface area contributed by atoms with Crippen molar-refractivity contribution in [1.82, 2.24) is 0 Å². The predicted molar refractivity (Wildman–Crippen MR) is 33.8 cm³/mol. The molecule has 0 aromatic rings. The third-order valence-electron chi connectivity index (χ3n) is 2.07. The van der Waals surface area contributed by atoms with Gasteiger partial charge in [-0.1, -0.05) is 13.3 Å². The van der Waals surface area contributed by atoms with Crippen molar-refractivity contribution < 1.29 is 4.92 Å². The predicted octanol–water partition coefficient (Wildman–Crippen LogP) is 1.45. The zero-order valence-electron chi connectivity index (χ0n) is 5.59. The lowest BCUT2D eigenvalue weighted by atomic mass is 9.71. The Hall–Kier alpha value is -0.600. The summed E-state index contributed by atoms with van der Waals surface area (Å²) in [5, 5.41) is 10.0. The summed E-state index contributed by atoms with van der Waals surface area (Å²) in [7, 11) is 0. The molecular weight excluding hydrogens is 118 g/mol. The fourth-order valence-electron chi connectivity index (χ4n) is 1.25. The Morgan fingerprint density at radius 3 is 2.33 bits per heavy atom. The normalized spacial score (nSPS) is 22.8. The van der Waals surface area contributed by atoms with Gasteiger partial charge in [-0.15, -0.1) is 0 Å². The SMILES string of the molecule is CC1(C[N+](=O)[O-])CCC1. The molecule has 1 aliphatic rings. The molecular formula is C6H11NO2. The average Bonchev–Trinajstić information content (AvgIpc) is 1.60. The molecule has 1 fully saturated rings. The molecule has 0 bridgehead atoms. The van der Waals surface area contributed by atoms with E-state index in [0.717, 1.165) is 12.8 Å². The van der Waals surface area contributed by atoms with E-state index in [1.807, 2.05) is 6.92 Å². The van der Waals surface area contributed by atoms with Crippen molar-refractivity contribution in [3.63, 3.8) is 0 Å². The fraction of sp³-hybridized carbons (Fsp3) is 1.00. The maximum absolute atomic E-state index is 10.0. The Labute approximate surface area is 54.2 Å². The van der Waals surface area contributed by atoms with Crippen LogP contribution in [0.5, 0.6) is 0 Å². The monoisotopic (exact) mass is 129 g/mol. The first kappa shape index (κ1) is 6.52. The molecule has 1 rings (SSSR count). The Bertz CT molecular complexity index is 129. The summed E-state index contributed by atoms with van der Waals surface area (Å²) in [5.74, 6) is 0. The molecule has 0 saturated heterocycles. The second-order valence-corrected chi connectivity index (χ2v) is 3.16. The van der Waals surface area contributed by atoms with Crippen molar-refractivity contribution in [2.45, 2.75) is 26.2 Å². The van der Waals surface area contributed by atoms with E-state index in [-0.39, 0.29) is 16.9 Å². The van der Waals surface area contributed by atoms with Crippen LogP contribution in [0.15, 0.2) is 0 Å². The molecule has 0 aromatic heterocycles. The zero-order chi connectivity index (χ0) is 6.91. The van der Waals surface area contributed by atoms with Crippen molar-refractivity contribution in [1.29, 1.82) is 0 Å². The lowest BCUT2D eigenvalue weighted by Gasteiger charge is -2.33. The molecule has 0 aromatic carbocycles. The van der Waals surface area contributed by atoms with Crippen LogP contribution >= 0.6 is 0 Å². The van der Waals surface area contributed by atoms with Gasteiger partial charge in [0.1, 0.15) is 0 Å². The largest absolute Gasteiger partial charge is 0.265 e. The molecule has 0 aliphatic heterocycles. The molecule has 1 aliphatic carbocycles. The van der Waals surface area contributed by atoms with E-state index in [9.17, 15) is 10.1 Å². The minimum Gasteiger partial charge on any atom is -0.265 e. The van der Waals surface area contributed by atoms with E-state index in [4.69, 9.17) is 0 Å². The van der Waals surface area contributed by atoms with Gasteiger partial charge in [-0.2, -0.15) is 0 Å². The lowest BCUT2D eigenvalue weighted by molar-refractivity contribution is -0.500. The van der Waals surface area contributed by atoms with Crippen LogP contribution in [0.2, 0.25) is 0 Å². The molecule has 3 nitrogen and oxygen atoms in total. The number of rotatable bonds is 2. The van der Waals surface area contributed by atoms with Gasteiger partial charge in [0.25, 0.3) is 0 Å². The second-order valence-electron chi connectivity index (χ2n) is 3.16. The topological polar surface area (TPSA) is 43.1 Å². The smallest absolute Gasteiger partial charge is 0.209 e. The highest BCUT2D eigenvalue weighted by atomic mass is 16.6. The highest BCUT2D eigenvalue weighted by Crippen LogP contribution is 2.39.